The number of pyridine rings is 1. The normalized spacial score (nSPS) is 10.6. The Morgan fingerprint density at radius 2 is 1.88 bits per heavy atom. The van der Waals surface area contributed by atoms with E-state index in [1.54, 1.807) is 18.3 Å². The molecule has 0 fully saturated rings. The third kappa shape index (κ3) is 3.74. The monoisotopic (exact) mass is 350 g/mol. The largest absolute Gasteiger partial charge is 0.504 e. The number of nitrogens with zero attached hydrogens (tertiary/aromatic N) is 4. The van der Waals surface area contributed by atoms with Crippen LogP contribution >= 0.6 is 0 Å². The minimum Gasteiger partial charge on any atom is -0.504 e. The van der Waals surface area contributed by atoms with Crippen LogP contribution in [0.4, 0.5) is 5.95 Å². The molecular formula is C20H22N4O2. The molecule has 134 valence electrons. The Hall–Kier alpha value is -3.15. The molecule has 3 rings (SSSR count). The molecule has 0 amide bonds. The number of hydrogen-bond acceptors (Lipinski definition) is 6. The number of anilines is 1. The van der Waals surface area contributed by atoms with Crippen LogP contribution in [0.25, 0.3) is 11.3 Å². The fourth-order valence-electron chi connectivity index (χ4n) is 2.82. The van der Waals surface area contributed by atoms with Crippen molar-refractivity contribution in [2.75, 3.05) is 19.1 Å². The van der Waals surface area contributed by atoms with Crippen molar-refractivity contribution in [3.8, 4) is 22.8 Å². The van der Waals surface area contributed by atoms with Crippen molar-refractivity contribution in [3.63, 3.8) is 0 Å². The van der Waals surface area contributed by atoms with Gasteiger partial charge in [0, 0.05) is 36.7 Å². The number of phenolic OH excluding ortho intramolecular Hbond substituents is 1. The van der Waals surface area contributed by atoms with Crippen LogP contribution in [-0.4, -0.2) is 34.2 Å². The summed E-state index contributed by atoms with van der Waals surface area (Å²) in [7, 11) is 3.45. The van der Waals surface area contributed by atoms with E-state index in [0.717, 1.165) is 28.2 Å². The molecule has 6 nitrogen and oxygen atoms in total. The molecule has 0 aliphatic heterocycles. The van der Waals surface area contributed by atoms with E-state index in [1.807, 2.05) is 50.1 Å². The van der Waals surface area contributed by atoms with Gasteiger partial charge in [-0.2, -0.15) is 0 Å². The van der Waals surface area contributed by atoms with Gasteiger partial charge in [0.1, 0.15) is 0 Å². The summed E-state index contributed by atoms with van der Waals surface area (Å²) in [4.78, 5) is 15.5. The molecule has 1 N–H and O–H groups in total. The lowest BCUT2D eigenvalue weighted by Crippen LogP contribution is -2.19. The summed E-state index contributed by atoms with van der Waals surface area (Å²) in [5.41, 5.74) is 4.70. The van der Waals surface area contributed by atoms with Crippen molar-refractivity contribution < 1.29 is 9.84 Å². The van der Waals surface area contributed by atoms with Crippen molar-refractivity contribution in [2.45, 2.75) is 20.4 Å². The van der Waals surface area contributed by atoms with Crippen molar-refractivity contribution in [1.82, 2.24) is 15.0 Å². The predicted molar refractivity (Wildman–Crippen MR) is 102 cm³/mol. The van der Waals surface area contributed by atoms with Crippen molar-refractivity contribution in [1.29, 1.82) is 0 Å². The Labute approximate surface area is 153 Å². The Morgan fingerprint density at radius 3 is 2.58 bits per heavy atom. The zero-order valence-electron chi connectivity index (χ0n) is 15.4. The fraction of sp³-hybridized carbons (Fsp3) is 0.250. The number of aromatic hydroxyl groups is 1. The molecule has 0 unspecified atom stereocenters. The first-order valence-electron chi connectivity index (χ1n) is 8.32. The molecule has 2 aromatic heterocycles. The van der Waals surface area contributed by atoms with Gasteiger partial charge < -0.3 is 14.7 Å². The second-order valence-electron chi connectivity index (χ2n) is 6.19. The zero-order chi connectivity index (χ0) is 18.7. The standard InChI is InChI=1S/C20H22N4O2/c1-13-5-7-16(14(2)22-13)17-9-10-21-20(23-17)24(3)12-15-6-8-19(26-4)18(25)11-15/h5-11,25H,12H2,1-4H3. The molecule has 2 heterocycles. The minimum atomic E-state index is 0.120. The van der Waals surface area contributed by atoms with Gasteiger partial charge in [-0.05, 0) is 49.7 Å². The molecule has 0 bridgehead atoms. The van der Waals surface area contributed by atoms with Gasteiger partial charge in [-0.1, -0.05) is 6.07 Å². The van der Waals surface area contributed by atoms with Crippen LogP contribution in [0.15, 0.2) is 42.6 Å². The van der Waals surface area contributed by atoms with Crippen molar-refractivity contribution in [3.05, 3.63) is 59.5 Å². The molecule has 6 heteroatoms. The van der Waals surface area contributed by atoms with Crippen LogP contribution in [0.5, 0.6) is 11.5 Å². The van der Waals surface area contributed by atoms with E-state index in [0.29, 0.717) is 18.2 Å². The lowest BCUT2D eigenvalue weighted by atomic mass is 10.1. The van der Waals surface area contributed by atoms with Crippen LogP contribution in [0.2, 0.25) is 0 Å². The molecule has 0 saturated carbocycles. The molecule has 0 saturated heterocycles. The third-order valence-electron chi connectivity index (χ3n) is 4.15. The molecule has 1 aromatic carbocycles. The first-order chi connectivity index (χ1) is 12.5. The summed E-state index contributed by atoms with van der Waals surface area (Å²) in [5.74, 6) is 1.18. The minimum absolute atomic E-state index is 0.120. The number of ether oxygens (including phenoxy) is 1. The van der Waals surface area contributed by atoms with Crippen molar-refractivity contribution in [2.24, 2.45) is 0 Å². The molecule has 0 atom stereocenters. The van der Waals surface area contributed by atoms with E-state index in [9.17, 15) is 5.11 Å². The zero-order valence-corrected chi connectivity index (χ0v) is 15.4. The Balaban J connectivity index is 1.84. The van der Waals surface area contributed by atoms with Crippen LogP contribution < -0.4 is 9.64 Å². The van der Waals surface area contributed by atoms with Gasteiger partial charge in [-0.3, -0.25) is 4.98 Å². The Bertz CT molecular complexity index is 927. The SMILES string of the molecule is COc1ccc(CN(C)c2nccc(-c3ccc(C)nc3C)n2)cc1O. The second-order valence-corrected chi connectivity index (χ2v) is 6.19. The number of benzene rings is 1. The average Bonchev–Trinajstić information content (AvgIpc) is 2.62. The highest BCUT2D eigenvalue weighted by Gasteiger charge is 2.11. The van der Waals surface area contributed by atoms with Gasteiger partial charge in [0.15, 0.2) is 11.5 Å². The molecule has 0 aliphatic carbocycles. The first-order valence-corrected chi connectivity index (χ1v) is 8.32. The van der Waals surface area contributed by atoms with Crippen LogP contribution in [0.1, 0.15) is 17.0 Å². The lowest BCUT2D eigenvalue weighted by Gasteiger charge is -2.18. The molecule has 0 aliphatic rings. The average molecular weight is 350 g/mol. The molecular weight excluding hydrogens is 328 g/mol. The number of hydrogen-bond donors (Lipinski definition) is 1. The highest BCUT2D eigenvalue weighted by Crippen LogP contribution is 2.27. The summed E-state index contributed by atoms with van der Waals surface area (Å²) in [6.45, 7) is 4.51. The highest BCUT2D eigenvalue weighted by atomic mass is 16.5. The Morgan fingerprint density at radius 1 is 1.08 bits per heavy atom. The van der Waals surface area contributed by atoms with Gasteiger partial charge in [0.2, 0.25) is 5.95 Å². The lowest BCUT2D eigenvalue weighted by molar-refractivity contribution is 0.373. The number of phenols is 1. The predicted octanol–water partition coefficient (Wildman–Crippen LogP) is 3.51. The fourth-order valence-corrected chi connectivity index (χ4v) is 2.82. The molecule has 26 heavy (non-hydrogen) atoms. The summed E-state index contributed by atoms with van der Waals surface area (Å²) in [6, 6.07) is 11.2. The van der Waals surface area contributed by atoms with Crippen molar-refractivity contribution >= 4 is 5.95 Å². The number of aryl methyl sites for hydroxylation is 2. The summed E-state index contributed by atoms with van der Waals surface area (Å²) < 4.78 is 5.08. The van der Waals surface area contributed by atoms with Gasteiger partial charge >= 0.3 is 0 Å². The molecule has 0 radical (unpaired) electrons. The third-order valence-corrected chi connectivity index (χ3v) is 4.15. The number of rotatable bonds is 5. The van der Waals surface area contributed by atoms with Gasteiger partial charge in [-0.25, -0.2) is 9.97 Å². The van der Waals surface area contributed by atoms with E-state index < -0.39 is 0 Å². The summed E-state index contributed by atoms with van der Waals surface area (Å²) >= 11 is 0. The van der Waals surface area contributed by atoms with Crippen LogP contribution in [0.3, 0.4) is 0 Å². The summed E-state index contributed by atoms with van der Waals surface area (Å²) in [6.07, 6.45) is 1.75. The van der Waals surface area contributed by atoms with Crippen LogP contribution in [0, 0.1) is 13.8 Å². The quantitative estimate of drug-likeness (QED) is 0.759. The van der Waals surface area contributed by atoms with E-state index in [-0.39, 0.29) is 5.75 Å². The van der Waals surface area contributed by atoms with Gasteiger partial charge in [-0.15, -0.1) is 0 Å². The summed E-state index contributed by atoms with van der Waals surface area (Å²) in [5, 5.41) is 9.94. The number of aromatic nitrogens is 3. The Kier molecular flexibility index (Phi) is 5.02. The van der Waals surface area contributed by atoms with Crippen LogP contribution in [-0.2, 0) is 6.54 Å². The smallest absolute Gasteiger partial charge is 0.225 e. The van der Waals surface area contributed by atoms with E-state index >= 15 is 0 Å². The maximum atomic E-state index is 9.94. The first kappa shape index (κ1) is 17.7. The van der Waals surface area contributed by atoms with Gasteiger partial charge in [0.25, 0.3) is 0 Å². The molecule has 0 spiro atoms. The highest BCUT2D eigenvalue weighted by molar-refractivity contribution is 5.62. The van der Waals surface area contributed by atoms with Gasteiger partial charge in [0.05, 0.1) is 12.8 Å². The maximum Gasteiger partial charge on any atom is 0.225 e. The van der Waals surface area contributed by atoms with E-state index in [1.165, 1.54) is 7.11 Å². The topological polar surface area (TPSA) is 71.4 Å². The van der Waals surface area contributed by atoms with E-state index in [2.05, 4.69) is 15.0 Å². The maximum absolute atomic E-state index is 9.94. The molecule has 3 aromatic rings. The van der Waals surface area contributed by atoms with E-state index in [4.69, 9.17) is 4.74 Å². The number of methoxy groups -OCH3 is 1. The second kappa shape index (κ2) is 7.39.